The number of ether oxygens (including phenoxy) is 1. The van der Waals surface area contributed by atoms with Gasteiger partial charge in [0.05, 0.1) is 25.4 Å². The lowest BCUT2D eigenvalue weighted by Crippen LogP contribution is -2.50. The van der Waals surface area contributed by atoms with Crippen molar-refractivity contribution in [1.29, 1.82) is 0 Å². The van der Waals surface area contributed by atoms with Crippen LogP contribution >= 0.6 is 0 Å². The number of aromatic nitrogens is 1. The number of carbonyl (C=O) groups is 1. The van der Waals surface area contributed by atoms with Crippen LogP contribution in [0.15, 0.2) is 42.6 Å². The van der Waals surface area contributed by atoms with Crippen LogP contribution in [0.3, 0.4) is 0 Å². The zero-order chi connectivity index (χ0) is 22.8. The van der Waals surface area contributed by atoms with Crippen molar-refractivity contribution < 1.29 is 23.1 Å². The third-order valence-electron chi connectivity index (χ3n) is 5.63. The minimum absolute atomic E-state index is 0.122. The number of rotatable bonds is 6. The van der Waals surface area contributed by atoms with Gasteiger partial charge in [-0.2, -0.15) is 0 Å². The van der Waals surface area contributed by atoms with Gasteiger partial charge in [0.15, 0.2) is 0 Å². The van der Waals surface area contributed by atoms with E-state index in [-0.39, 0.29) is 30.9 Å². The maximum Gasteiger partial charge on any atom is 0.259 e. The standard InChI is InChI=1S/C22H29N3O5S/c1-15-12-25(16(2)14-26)22(27)19-10-18(17-8-6-5-7-9-17)11-23-21(19)30-20(15)13-24(3)31(4,28)29/h5-11,15-16,20,26H,12-14H2,1-4H3/t15-,16+,20-/m0/s1. The minimum atomic E-state index is -3.40. The summed E-state index contributed by atoms with van der Waals surface area (Å²) in [6.07, 6.45) is 2.27. The molecule has 31 heavy (non-hydrogen) atoms. The molecule has 1 N–H and O–H groups in total. The van der Waals surface area contributed by atoms with Crippen molar-refractivity contribution in [2.24, 2.45) is 5.92 Å². The van der Waals surface area contributed by atoms with Gasteiger partial charge in [0.25, 0.3) is 5.91 Å². The summed E-state index contributed by atoms with van der Waals surface area (Å²) >= 11 is 0. The quantitative estimate of drug-likeness (QED) is 0.726. The van der Waals surface area contributed by atoms with E-state index in [1.807, 2.05) is 37.3 Å². The molecule has 9 heteroatoms. The lowest BCUT2D eigenvalue weighted by atomic mass is 9.99. The van der Waals surface area contributed by atoms with E-state index in [2.05, 4.69) is 4.98 Å². The maximum absolute atomic E-state index is 13.4. The van der Waals surface area contributed by atoms with Crippen molar-refractivity contribution in [1.82, 2.24) is 14.2 Å². The molecule has 1 aliphatic heterocycles. The molecule has 0 bridgehead atoms. The molecule has 0 aliphatic carbocycles. The molecule has 3 rings (SSSR count). The Kier molecular flexibility index (Phi) is 6.98. The summed E-state index contributed by atoms with van der Waals surface area (Å²) < 4.78 is 31.2. The van der Waals surface area contributed by atoms with Crippen molar-refractivity contribution >= 4 is 15.9 Å². The molecule has 0 radical (unpaired) electrons. The Labute approximate surface area is 183 Å². The Balaban J connectivity index is 2.06. The van der Waals surface area contributed by atoms with Gasteiger partial charge in [-0.15, -0.1) is 0 Å². The number of benzene rings is 1. The zero-order valence-corrected chi connectivity index (χ0v) is 19.0. The summed E-state index contributed by atoms with van der Waals surface area (Å²) in [7, 11) is -1.90. The van der Waals surface area contributed by atoms with Crippen molar-refractivity contribution in [3.63, 3.8) is 0 Å². The van der Waals surface area contributed by atoms with E-state index in [1.54, 1.807) is 24.1 Å². The van der Waals surface area contributed by atoms with E-state index in [9.17, 15) is 18.3 Å². The lowest BCUT2D eigenvalue weighted by Gasteiger charge is -2.37. The van der Waals surface area contributed by atoms with E-state index in [0.29, 0.717) is 12.1 Å². The summed E-state index contributed by atoms with van der Waals surface area (Å²) in [4.78, 5) is 19.4. The summed E-state index contributed by atoms with van der Waals surface area (Å²) in [5.74, 6) is -0.298. The highest BCUT2D eigenvalue weighted by Gasteiger charge is 2.35. The molecule has 1 aliphatic rings. The Morgan fingerprint density at radius 1 is 1.29 bits per heavy atom. The average Bonchev–Trinajstić information content (AvgIpc) is 2.75. The number of sulfonamides is 1. The minimum Gasteiger partial charge on any atom is -0.472 e. The molecular weight excluding hydrogens is 418 g/mol. The maximum atomic E-state index is 13.4. The molecule has 2 aromatic rings. The monoisotopic (exact) mass is 447 g/mol. The van der Waals surface area contributed by atoms with Crippen LogP contribution in [0.1, 0.15) is 24.2 Å². The molecule has 3 atom stereocenters. The molecule has 0 saturated carbocycles. The molecular formula is C22H29N3O5S. The van der Waals surface area contributed by atoms with Gasteiger partial charge in [0.1, 0.15) is 11.7 Å². The molecule has 0 unspecified atom stereocenters. The molecule has 0 saturated heterocycles. The number of pyridine rings is 1. The molecule has 168 valence electrons. The Morgan fingerprint density at radius 3 is 2.58 bits per heavy atom. The number of hydrogen-bond donors (Lipinski definition) is 1. The first kappa shape index (κ1) is 23.2. The highest BCUT2D eigenvalue weighted by Crippen LogP contribution is 2.30. The molecule has 8 nitrogen and oxygen atoms in total. The molecule has 1 aromatic heterocycles. The van der Waals surface area contributed by atoms with Crippen molar-refractivity contribution in [3.8, 4) is 17.0 Å². The largest absolute Gasteiger partial charge is 0.472 e. The number of aliphatic hydroxyl groups is 1. The SMILES string of the molecule is C[C@H](CO)N1C[C@H](C)[C@H](CN(C)S(C)(=O)=O)Oc2ncc(-c3ccccc3)cc2C1=O. The summed E-state index contributed by atoms with van der Waals surface area (Å²) in [5.41, 5.74) is 1.98. The molecule has 2 heterocycles. The van der Waals surface area contributed by atoms with Gasteiger partial charge in [0, 0.05) is 31.3 Å². The van der Waals surface area contributed by atoms with Crippen molar-refractivity contribution in [3.05, 3.63) is 48.2 Å². The van der Waals surface area contributed by atoms with Crippen LogP contribution in [0.2, 0.25) is 0 Å². The third-order valence-corrected chi connectivity index (χ3v) is 6.91. The number of fused-ring (bicyclic) bond motifs is 1. The van der Waals surface area contributed by atoms with E-state index in [4.69, 9.17) is 4.74 Å². The van der Waals surface area contributed by atoms with Crippen LogP contribution in [-0.4, -0.2) is 78.8 Å². The van der Waals surface area contributed by atoms with Crippen molar-refractivity contribution in [2.75, 3.05) is 33.0 Å². The predicted octanol–water partition coefficient (Wildman–Crippen LogP) is 1.86. The smallest absolute Gasteiger partial charge is 0.259 e. The normalized spacial score (nSPS) is 20.6. The van der Waals surface area contributed by atoms with Gasteiger partial charge in [-0.3, -0.25) is 4.79 Å². The van der Waals surface area contributed by atoms with Gasteiger partial charge in [-0.05, 0) is 18.6 Å². The predicted molar refractivity (Wildman–Crippen MR) is 118 cm³/mol. The first-order valence-corrected chi connectivity index (χ1v) is 12.0. The van der Waals surface area contributed by atoms with E-state index >= 15 is 0 Å². The van der Waals surface area contributed by atoms with Gasteiger partial charge in [-0.25, -0.2) is 17.7 Å². The molecule has 1 amide bonds. The average molecular weight is 448 g/mol. The Hall–Kier alpha value is -2.49. The first-order chi connectivity index (χ1) is 14.6. The molecule has 1 aromatic carbocycles. The van der Waals surface area contributed by atoms with Crippen LogP contribution < -0.4 is 4.74 Å². The second-order valence-corrected chi connectivity index (χ2v) is 10.2. The van der Waals surface area contributed by atoms with Crippen LogP contribution in [0.5, 0.6) is 5.88 Å². The number of aliphatic hydroxyl groups excluding tert-OH is 1. The lowest BCUT2D eigenvalue weighted by molar-refractivity contribution is 0.0374. The fourth-order valence-electron chi connectivity index (χ4n) is 3.50. The van der Waals surface area contributed by atoms with Crippen LogP contribution in [0.25, 0.3) is 11.1 Å². The highest BCUT2D eigenvalue weighted by molar-refractivity contribution is 7.88. The Morgan fingerprint density at radius 2 is 1.97 bits per heavy atom. The van der Waals surface area contributed by atoms with E-state index in [0.717, 1.165) is 17.4 Å². The fraction of sp³-hybridized carbons (Fsp3) is 0.455. The summed E-state index contributed by atoms with van der Waals surface area (Å²) in [6.45, 7) is 3.93. The number of likely N-dealkylation sites (N-methyl/N-ethyl adjacent to an activating group) is 1. The second kappa shape index (κ2) is 9.33. The van der Waals surface area contributed by atoms with Crippen LogP contribution in [0, 0.1) is 5.92 Å². The Bertz CT molecular complexity index is 1030. The van der Waals surface area contributed by atoms with E-state index < -0.39 is 22.2 Å². The fourth-order valence-corrected chi connectivity index (χ4v) is 3.92. The van der Waals surface area contributed by atoms with Gasteiger partial charge in [0.2, 0.25) is 15.9 Å². The van der Waals surface area contributed by atoms with Crippen LogP contribution in [-0.2, 0) is 10.0 Å². The highest BCUT2D eigenvalue weighted by atomic mass is 32.2. The van der Waals surface area contributed by atoms with E-state index in [1.165, 1.54) is 11.4 Å². The van der Waals surface area contributed by atoms with Gasteiger partial charge >= 0.3 is 0 Å². The molecule has 0 spiro atoms. The number of nitrogens with zero attached hydrogens (tertiary/aromatic N) is 3. The topological polar surface area (TPSA) is 100 Å². The number of amides is 1. The van der Waals surface area contributed by atoms with Gasteiger partial charge in [-0.1, -0.05) is 37.3 Å². The number of hydrogen-bond acceptors (Lipinski definition) is 6. The van der Waals surface area contributed by atoms with Gasteiger partial charge < -0.3 is 14.7 Å². The zero-order valence-electron chi connectivity index (χ0n) is 18.2. The van der Waals surface area contributed by atoms with Crippen molar-refractivity contribution in [2.45, 2.75) is 26.0 Å². The third kappa shape index (κ3) is 5.23. The molecule has 0 fully saturated rings. The second-order valence-electron chi connectivity index (χ2n) is 8.11. The summed E-state index contributed by atoms with van der Waals surface area (Å²) in [5, 5.41) is 9.72. The number of carbonyl (C=O) groups excluding carboxylic acids is 1. The summed E-state index contributed by atoms with van der Waals surface area (Å²) in [6, 6.07) is 10.9. The van der Waals surface area contributed by atoms with Crippen LogP contribution in [0.4, 0.5) is 0 Å². The first-order valence-electron chi connectivity index (χ1n) is 10.2.